The minimum atomic E-state index is 0.525. The van der Waals surface area contributed by atoms with Crippen molar-refractivity contribution in [2.75, 3.05) is 7.11 Å². The smallest absolute Gasteiger partial charge is 0.126 e. The predicted octanol–water partition coefficient (Wildman–Crippen LogP) is 3.71. The molecule has 1 aromatic carbocycles. The second-order valence-corrected chi connectivity index (χ2v) is 4.01. The number of aromatic nitrogens is 1. The van der Waals surface area contributed by atoms with E-state index in [1.807, 2.05) is 54.6 Å². The van der Waals surface area contributed by atoms with Crippen molar-refractivity contribution < 1.29 is 4.74 Å². The van der Waals surface area contributed by atoms with Gasteiger partial charge in [-0.1, -0.05) is 36.4 Å². The summed E-state index contributed by atoms with van der Waals surface area (Å²) in [5.74, 6) is 0.800. The molecule has 0 spiro atoms. The highest BCUT2D eigenvalue weighted by Gasteiger charge is 1.99. The Hall–Kier alpha value is -2.86. The van der Waals surface area contributed by atoms with Gasteiger partial charge in [0.05, 0.1) is 18.4 Å². The fraction of sp³-hybridized carbons (Fsp3) is 0.0588. The van der Waals surface area contributed by atoms with Crippen LogP contribution < -0.4 is 4.74 Å². The van der Waals surface area contributed by atoms with E-state index in [0.717, 1.165) is 11.3 Å². The lowest BCUT2D eigenvalue weighted by Gasteiger charge is -2.02. The van der Waals surface area contributed by atoms with Crippen LogP contribution in [0.1, 0.15) is 11.3 Å². The molecule has 1 heterocycles. The van der Waals surface area contributed by atoms with E-state index in [-0.39, 0.29) is 0 Å². The van der Waals surface area contributed by atoms with E-state index < -0.39 is 0 Å². The summed E-state index contributed by atoms with van der Waals surface area (Å²) in [5, 5.41) is 9.16. The third kappa shape index (κ3) is 3.33. The normalized spacial score (nSPS) is 11.3. The van der Waals surface area contributed by atoms with E-state index >= 15 is 0 Å². The number of benzene rings is 1. The first-order valence-corrected chi connectivity index (χ1v) is 6.18. The van der Waals surface area contributed by atoms with E-state index in [0.29, 0.717) is 11.3 Å². The van der Waals surface area contributed by atoms with Gasteiger partial charge in [0, 0.05) is 11.8 Å². The first-order chi connectivity index (χ1) is 9.85. The number of hydrogen-bond donors (Lipinski definition) is 0. The van der Waals surface area contributed by atoms with Crippen LogP contribution in [0.4, 0.5) is 0 Å². The third-order valence-corrected chi connectivity index (χ3v) is 2.74. The Morgan fingerprint density at radius 3 is 2.70 bits per heavy atom. The fourth-order valence-electron chi connectivity index (χ4n) is 1.75. The maximum absolute atomic E-state index is 9.16. The van der Waals surface area contributed by atoms with Gasteiger partial charge in [-0.15, -0.1) is 0 Å². The van der Waals surface area contributed by atoms with Gasteiger partial charge in [0.1, 0.15) is 11.8 Å². The van der Waals surface area contributed by atoms with Crippen LogP contribution in [0.3, 0.4) is 0 Å². The summed E-state index contributed by atoms with van der Waals surface area (Å²) in [7, 11) is 1.64. The van der Waals surface area contributed by atoms with Crippen LogP contribution in [0.15, 0.2) is 60.8 Å². The number of methoxy groups -OCH3 is 1. The summed E-state index contributed by atoms with van der Waals surface area (Å²) in [6.07, 6.45) is 7.14. The first-order valence-electron chi connectivity index (χ1n) is 6.18. The molecule has 0 saturated carbocycles. The lowest BCUT2D eigenvalue weighted by atomic mass is 10.1. The van der Waals surface area contributed by atoms with Crippen molar-refractivity contribution >= 4 is 11.6 Å². The van der Waals surface area contributed by atoms with Crippen molar-refractivity contribution in [3.63, 3.8) is 0 Å². The quantitative estimate of drug-likeness (QED) is 0.623. The predicted molar refractivity (Wildman–Crippen MR) is 79.9 cm³/mol. The summed E-state index contributed by atoms with van der Waals surface area (Å²) < 4.78 is 5.26. The molecule has 3 nitrogen and oxygen atoms in total. The van der Waals surface area contributed by atoms with Gasteiger partial charge in [-0.2, -0.15) is 5.26 Å². The molecular formula is C17H14N2O. The molecule has 0 saturated heterocycles. The Kier molecular flexibility index (Phi) is 4.69. The minimum Gasteiger partial charge on any atom is -0.496 e. The zero-order valence-corrected chi connectivity index (χ0v) is 11.2. The number of para-hydroxylation sites is 1. The van der Waals surface area contributed by atoms with E-state index in [2.05, 4.69) is 11.1 Å². The average molecular weight is 262 g/mol. The highest BCUT2D eigenvalue weighted by molar-refractivity contribution is 5.76. The van der Waals surface area contributed by atoms with Gasteiger partial charge in [-0.25, -0.2) is 0 Å². The third-order valence-electron chi connectivity index (χ3n) is 2.74. The minimum absolute atomic E-state index is 0.525. The number of pyridine rings is 1. The molecular weight excluding hydrogens is 248 g/mol. The molecule has 0 unspecified atom stereocenters. The molecule has 20 heavy (non-hydrogen) atoms. The number of nitriles is 1. The van der Waals surface area contributed by atoms with Crippen molar-refractivity contribution in [1.29, 1.82) is 5.26 Å². The van der Waals surface area contributed by atoms with Gasteiger partial charge < -0.3 is 4.74 Å². The Balaban J connectivity index is 2.23. The number of hydrogen-bond acceptors (Lipinski definition) is 3. The van der Waals surface area contributed by atoms with Crippen molar-refractivity contribution in [3.05, 3.63) is 72.1 Å². The van der Waals surface area contributed by atoms with E-state index in [9.17, 15) is 0 Å². The summed E-state index contributed by atoms with van der Waals surface area (Å²) in [6, 6.07) is 15.4. The summed E-state index contributed by atoms with van der Waals surface area (Å²) in [4.78, 5) is 4.16. The Morgan fingerprint density at radius 2 is 2.00 bits per heavy atom. The molecule has 98 valence electrons. The number of allylic oxidation sites excluding steroid dienone is 3. The molecule has 3 heteroatoms. The van der Waals surface area contributed by atoms with E-state index in [4.69, 9.17) is 10.00 Å². The first kappa shape index (κ1) is 13.6. The molecule has 0 atom stereocenters. The molecule has 0 N–H and O–H groups in total. The maximum atomic E-state index is 9.16. The van der Waals surface area contributed by atoms with E-state index in [1.54, 1.807) is 19.4 Å². The van der Waals surface area contributed by atoms with Gasteiger partial charge in [0.25, 0.3) is 0 Å². The summed E-state index contributed by atoms with van der Waals surface area (Å²) in [6.45, 7) is 0. The van der Waals surface area contributed by atoms with Crippen LogP contribution in [-0.2, 0) is 0 Å². The molecule has 0 aliphatic heterocycles. The molecule has 0 amide bonds. The lowest BCUT2D eigenvalue weighted by molar-refractivity contribution is 0.414. The highest BCUT2D eigenvalue weighted by Crippen LogP contribution is 2.19. The second kappa shape index (κ2) is 6.91. The van der Waals surface area contributed by atoms with Crippen LogP contribution in [0.2, 0.25) is 0 Å². The van der Waals surface area contributed by atoms with Crippen LogP contribution in [-0.4, -0.2) is 12.1 Å². The molecule has 0 aliphatic rings. The topological polar surface area (TPSA) is 45.9 Å². The van der Waals surface area contributed by atoms with Crippen LogP contribution in [0, 0.1) is 11.3 Å². The summed E-state index contributed by atoms with van der Waals surface area (Å²) >= 11 is 0. The maximum Gasteiger partial charge on any atom is 0.126 e. The Morgan fingerprint density at radius 1 is 1.20 bits per heavy atom. The summed E-state index contributed by atoms with van der Waals surface area (Å²) in [5.41, 5.74) is 2.15. The van der Waals surface area contributed by atoms with Crippen molar-refractivity contribution in [3.8, 4) is 11.8 Å². The standard InChI is InChI=1S/C17H14N2O/c1-20-17-11-3-2-7-14(17)8-6-9-15(13-18)16-10-4-5-12-19-16/h2-12H,1H3. The monoisotopic (exact) mass is 262 g/mol. The molecule has 0 bridgehead atoms. The molecule has 0 aliphatic carbocycles. The molecule has 1 aromatic heterocycles. The molecule has 0 fully saturated rings. The second-order valence-electron chi connectivity index (χ2n) is 4.01. The largest absolute Gasteiger partial charge is 0.496 e. The van der Waals surface area contributed by atoms with Crippen LogP contribution >= 0.6 is 0 Å². The molecule has 0 radical (unpaired) electrons. The van der Waals surface area contributed by atoms with Gasteiger partial charge in [0.15, 0.2) is 0 Å². The zero-order chi connectivity index (χ0) is 14.2. The lowest BCUT2D eigenvalue weighted by Crippen LogP contribution is -1.86. The van der Waals surface area contributed by atoms with Gasteiger partial charge in [0.2, 0.25) is 0 Å². The van der Waals surface area contributed by atoms with Gasteiger partial charge in [-0.3, -0.25) is 4.98 Å². The van der Waals surface area contributed by atoms with Crippen LogP contribution in [0.25, 0.3) is 11.6 Å². The van der Waals surface area contributed by atoms with Crippen molar-refractivity contribution in [2.24, 2.45) is 0 Å². The number of ether oxygens (including phenoxy) is 1. The highest BCUT2D eigenvalue weighted by atomic mass is 16.5. The van der Waals surface area contributed by atoms with Gasteiger partial charge >= 0.3 is 0 Å². The Labute approximate surface area is 118 Å². The van der Waals surface area contributed by atoms with Crippen molar-refractivity contribution in [1.82, 2.24) is 4.98 Å². The Bertz CT molecular complexity index is 667. The van der Waals surface area contributed by atoms with Crippen molar-refractivity contribution in [2.45, 2.75) is 0 Å². The zero-order valence-electron chi connectivity index (χ0n) is 11.2. The number of rotatable bonds is 4. The van der Waals surface area contributed by atoms with Gasteiger partial charge in [-0.05, 0) is 24.3 Å². The number of nitrogens with zero attached hydrogens (tertiary/aromatic N) is 2. The SMILES string of the molecule is COc1ccccc1C=CC=C(C#N)c1ccccn1. The van der Waals surface area contributed by atoms with Crippen LogP contribution in [0.5, 0.6) is 5.75 Å². The average Bonchev–Trinajstić information content (AvgIpc) is 2.53. The molecule has 2 aromatic rings. The fourth-order valence-corrected chi connectivity index (χ4v) is 1.75. The molecule has 2 rings (SSSR count). The van der Waals surface area contributed by atoms with E-state index in [1.165, 1.54) is 0 Å².